The molecule has 1 aliphatic carbocycles. The number of rotatable bonds is 6. The Labute approximate surface area is 181 Å². The second kappa shape index (κ2) is 9.55. The Hall–Kier alpha value is -3.48. The molecule has 0 aliphatic heterocycles. The SMILES string of the molecule is CNC(=O)[C@@H](NC(=O)c1ccc(-c2ccc(-c3ccncc3)cn2)o1)C1CCCCC1. The highest BCUT2D eigenvalue weighted by Gasteiger charge is 2.31. The Morgan fingerprint density at radius 1 is 1.00 bits per heavy atom. The summed E-state index contributed by atoms with van der Waals surface area (Å²) in [5.74, 6) is 0.258. The zero-order valence-corrected chi connectivity index (χ0v) is 17.5. The standard InChI is InChI=1S/C24H26N4O3/c1-25-24(30)22(17-5-3-2-4-6-17)28-23(29)21-10-9-20(31-21)19-8-7-18(15-27-19)16-11-13-26-14-12-16/h7-15,17,22H,2-6H2,1H3,(H,25,30)(H,28,29)/t22-/m0/s1. The van der Waals surface area contributed by atoms with Crippen LogP contribution in [0.2, 0.25) is 0 Å². The van der Waals surface area contributed by atoms with Gasteiger partial charge in [0.15, 0.2) is 11.5 Å². The van der Waals surface area contributed by atoms with Crippen molar-refractivity contribution in [3.8, 4) is 22.6 Å². The van der Waals surface area contributed by atoms with E-state index in [0.29, 0.717) is 11.5 Å². The molecule has 2 amide bonds. The molecule has 0 aromatic carbocycles. The number of amides is 2. The quantitative estimate of drug-likeness (QED) is 0.634. The Bertz CT molecular complexity index is 1020. The van der Waals surface area contributed by atoms with E-state index in [2.05, 4.69) is 20.6 Å². The van der Waals surface area contributed by atoms with Crippen molar-refractivity contribution in [1.82, 2.24) is 20.6 Å². The first-order valence-electron chi connectivity index (χ1n) is 10.6. The van der Waals surface area contributed by atoms with E-state index >= 15 is 0 Å². The first-order chi connectivity index (χ1) is 15.2. The van der Waals surface area contributed by atoms with Gasteiger partial charge in [-0.25, -0.2) is 0 Å². The average Bonchev–Trinajstić information content (AvgIpc) is 3.34. The van der Waals surface area contributed by atoms with Gasteiger partial charge in [-0.2, -0.15) is 0 Å². The van der Waals surface area contributed by atoms with Crippen LogP contribution in [0.1, 0.15) is 42.7 Å². The third-order valence-corrected chi connectivity index (χ3v) is 5.80. The highest BCUT2D eigenvalue weighted by atomic mass is 16.4. The molecule has 0 bridgehead atoms. The summed E-state index contributed by atoms with van der Waals surface area (Å²) in [6.07, 6.45) is 10.5. The molecule has 1 atom stereocenters. The van der Waals surface area contributed by atoms with E-state index < -0.39 is 6.04 Å². The molecule has 1 aliphatic rings. The molecule has 0 saturated heterocycles. The molecule has 4 rings (SSSR count). The van der Waals surface area contributed by atoms with Crippen LogP contribution >= 0.6 is 0 Å². The number of furan rings is 1. The second-order valence-corrected chi connectivity index (χ2v) is 7.80. The maximum atomic E-state index is 12.8. The van der Waals surface area contributed by atoms with Crippen LogP contribution in [0.4, 0.5) is 0 Å². The van der Waals surface area contributed by atoms with E-state index in [1.807, 2.05) is 24.3 Å². The maximum Gasteiger partial charge on any atom is 0.287 e. The summed E-state index contributed by atoms with van der Waals surface area (Å²) >= 11 is 0. The van der Waals surface area contributed by atoms with Gasteiger partial charge >= 0.3 is 0 Å². The summed E-state index contributed by atoms with van der Waals surface area (Å²) < 4.78 is 5.76. The minimum absolute atomic E-state index is 0.148. The van der Waals surface area contributed by atoms with Crippen molar-refractivity contribution in [3.05, 3.63) is 60.7 Å². The normalized spacial score (nSPS) is 15.3. The number of hydrogen-bond donors (Lipinski definition) is 2. The first-order valence-corrected chi connectivity index (χ1v) is 10.6. The third-order valence-electron chi connectivity index (χ3n) is 5.80. The van der Waals surface area contributed by atoms with Crippen molar-refractivity contribution in [3.63, 3.8) is 0 Å². The molecule has 31 heavy (non-hydrogen) atoms. The van der Waals surface area contributed by atoms with Crippen molar-refractivity contribution >= 4 is 11.8 Å². The molecule has 160 valence electrons. The third kappa shape index (κ3) is 4.82. The lowest BCUT2D eigenvalue weighted by molar-refractivity contribution is -0.124. The number of nitrogens with one attached hydrogen (secondary N) is 2. The van der Waals surface area contributed by atoms with E-state index in [-0.39, 0.29) is 23.5 Å². The molecule has 1 fully saturated rings. The van der Waals surface area contributed by atoms with Crippen LogP contribution in [-0.2, 0) is 4.79 Å². The van der Waals surface area contributed by atoms with Gasteiger partial charge in [0.25, 0.3) is 5.91 Å². The highest BCUT2D eigenvalue weighted by Crippen LogP contribution is 2.28. The fraction of sp³-hybridized carbons (Fsp3) is 0.333. The Morgan fingerprint density at radius 3 is 2.45 bits per heavy atom. The van der Waals surface area contributed by atoms with Crippen molar-refractivity contribution in [2.24, 2.45) is 5.92 Å². The van der Waals surface area contributed by atoms with Gasteiger partial charge in [-0.1, -0.05) is 25.3 Å². The number of likely N-dealkylation sites (N-methyl/N-ethyl adjacent to an activating group) is 1. The summed E-state index contributed by atoms with van der Waals surface area (Å²) in [7, 11) is 1.59. The van der Waals surface area contributed by atoms with Crippen molar-refractivity contribution < 1.29 is 14.0 Å². The van der Waals surface area contributed by atoms with Gasteiger partial charge in [-0.05, 0) is 54.7 Å². The largest absolute Gasteiger partial charge is 0.449 e. The fourth-order valence-electron chi connectivity index (χ4n) is 4.09. The van der Waals surface area contributed by atoms with Gasteiger partial charge in [-0.15, -0.1) is 0 Å². The van der Waals surface area contributed by atoms with Crippen LogP contribution in [0.15, 0.2) is 59.4 Å². The molecule has 2 N–H and O–H groups in total. The van der Waals surface area contributed by atoms with Crippen molar-refractivity contribution in [1.29, 1.82) is 0 Å². The topological polar surface area (TPSA) is 97.1 Å². The van der Waals surface area contributed by atoms with Gasteiger partial charge in [0.1, 0.15) is 11.7 Å². The lowest BCUT2D eigenvalue weighted by Crippen LogP contribution is -2.50. The number of aromatic nitrogens is 2. The van der Waals surface area contributed by atoms with Crippen LogP contribution in [-0.4, -0.2) is 34.9 Å². The summed E-state index contributed by atoms with van der Waals surface area (Å²) in [5, 5.41) is 5.55. The molecule has 0 radical (unpaired) electrons. The lowest BCUT2D eigenvalue weighted by Gasteiger charge is -2.29. The van der Waals surface area contributed by atoms with Gasteiger partial charge in [0, 0.05) is 31.2 Å². The smallest absolute Gasteiger partial charge is 0.287 e. The number of hydrogen-bond acceptors (Lipinski definition) is 5. The number of carbonyl (C=O) groups is 2. The van der Waals surface area contributed by atoms with Crippen LogP contribution in [0, 0.1) is 5.92 Å². The Balaban J connectivity index is 1.47. The van der Waals surface area contributed by atoms with Gasteiger partial charge in [0.05, 0.1) is 0 Å². The second-order valence-electron chi connectivity index (χ2n) is 7.80. The molecule has 7 heteroatoms. The van der Waals surface area contributed by atoms with Crippen molar-refractivity contribution in [2.75, 3.05) is 7.05 Å². The monoisotopic (exact) mass is 418 g/mol. The Kier molecular flexibility index (Phi) is 6.40. The van der Waals surface area contributed by atoms with E-state index in [9.17, 15) is 9.59 Å². The predicted octanol–water partition coefficient (Wildman–Crippen LogP) is 3.83. The van der Waals surface area contributed by atoms with Crippen LogP contribution in [0.3, 0.4) is 0 Å². The van der Waals surface area contributed by atoms with Gasteiger partial charge in [-0.3, -0.25) is 19.6 Å². The van der Waals surface area contributed by atoms with E-state index in [1.165, 1.54) is 6.42 Å². The molecule has 3 aromatic rings. The van der Waals surface area contributed by atoms with E-state index in [0.717, 1.165) is 36.8 Å². The minimum atomic E-state index is -0.552. The molecular weight excluding hydrogens is 392 g/mol. The van der Waals surface area contributed by atoms with Crippen LogP contribution in [0.5, 0.6) is 0 Å². The number of pyridine rings is 2. The summed E-state index contributed by atoms with van der Waals surface area (Å²) in [4.78, 5) is 33.7. The molecule has 3 heterocycles. The summed E-state index contributed by atoms with van der Waals surface area (Å²) in [6, 6.07) is 10.4. The van der Waals surface area contributed by atoms with Crippen LogP contribution < -0.4 is 10.6 Å². The molecular formula is C24H26N4O3. The minimum Gasteiger partial charge on any atom is -0.449 e. The first kappa shape index (κ1) is 20.8. The average molecular weight is 418 g/mol. The van der Waals surface area contributed by atoms with Crippen LogP contribution in [0.25, 0.3) is 22.6 Å². The zero-order valence-electron chi connectivity index (χ0n) is 17.5. The van der Waals surface area contributed by atoms with Crippen molar-refractivity contribution in [2.45, 2.75) is 38.1 Å². The molecule has 0 unspecified atom stereocenters. The molecule has 3 aromatic heterocycles. The molecule has 0 spiro atoms. The van der Waals surface area contributed by atoms with Gasteiger partial charge < -0.3 is 15.1 Å². The van der Waals surface area contributed by atoms with E-state index in [4.69, 9.17) is 4.42 Å². The zero-order chi connectivity index (χ0) is 21.6. The highest BCUT2D eigenvalue weighted by molar-refractivity contribution is 5.96. The predicted molar refractivity (Wildman–Crippen MR) is 117 cm³/mol. The molecule has 7 nitrogen and oxygen atoms in total. The number of carbonyl (C=O) groups excluding carboxylic acids is 2. The maximum absolute atomic E-state index is 12.8. The fourth-order valence-corrected chi connectivity index (χ4v) is 4.09. The lowest BCUT2D eigenvalue weighted by atomic mass is 9.83. The Morgan fingerprint density at radius 2 is 1.77 bits per heavy atom. The summed E-state index contributed by atoms with van der Waals surface area (Å²) in [5.41, 5.74) is 2.63. The molecule has 1 saturated carbocycles. The van der Waals surface area contributed by atoms with E-state index in [1.54, 1.807) is 37.8 Å². The number of nitrogens with zero attached hydrogens (tertiary/aromatic N) is 2. The summed E-state index contributed by atoms with van der Waals surface area (Å²) in [6.45, 7) is 0. The van der Waals surface area contributed by atoms with Gasteiger partial charge in [0.2, 0.25) is 5.91 Å².